The number of carbonyl (C=O) groups is 3. The van der Waals surface area contributed by atoms with Crippen molar-refractivity contribution in [1.29, 1.82) is 0 Å². The summed E-state index contributed by atoms with van der Waals surface area (Å²) in [4.78, 5) is 38.6. The van der Waals surface area contributed by atoms with E-state index in [4.69, 9.17) is 4.42 Å². The van der Waals surface area contributed by atoms with Gasteiger partial charge in [0.15, 0.2) is 0 Å². The lowest BCUT2D eigenvalue weighted by atomic mass is 10.1. The standard InChI is InChI=1S/C20H14N2O4/c1-12-15(9-10-26-12)18(23)21-13-5-4-6-14(11-13)22-19(24)16-7-2-3-8-17(16)20(22)25/h2-11H,1H3,(H,21,23). The van der Waals surface area contributed by atoms with E-state index < -0.39 is 0 Å². The Morgan fingerprint density at radius 1 is 0.962 bits per heavy atom. The van der Waals surface area contributed by atoms with Crippen molar-refractivity contribution in [3.05, 3.63) is 83.3 Å². The molecule has 0 saturated heterocycles. The first-order chi connectivity index (χ1) is 12.6. The van der Waals surface area contributed by atoms with Crippen molar-refractivity contribution in [2.24, 2.45) is 0 Å². The number of nitrogens with zero attached hydrogens (tertiary/aromatic N) is 1. The van der Waals surface area contributed by atoms with Crippen LogP contribution in [0.15, 0.2) is 65.3 Å². The van der Waals surface area contributed by atoms with E-state index in [1.54, 1.807) is 61.5 Å². The molecule has 1 aromatic heterocycles. The zero-order valence-electron chi connectivity index (χ0n) is 13.9. The maximum atomic E-state index is 12.6. The van der Waals surface area contributed by atoms with Crippen LogP contribution in [0.25, 0.3) is 0 Å². The number of furan rings is 1. The van der Waals surface area contributed by atoms with Crippen molar-refractivity contribution in [2.75, 3.05) is 10.2 Å². The molecule has 0 aliphatic carbocycles. The van der Waals surface area contributed by atoms with Gasteiger partial charge in [0, 0.05) is 5.69 Å². The van der Waals surface area contributed by atoms with Gasteiger partial charge in [-0.1, -0.05) is 18.2 Å². The summed E-state index contributed by atoms with van der Waals surface area (Å²) in [5, 5.41) is 2.75. The lowest BCUT2D eigenvalue weighted by molar-refractivity contribution is 0.0925. The molecule has 0 fully saturated rings. The average molecular weight is 346 g/mol. The number of hydrogen-bond acceptors (Lipinski definition) is 4. The Morgan fingerprint density at radius 3 is 2.27 bits per heavy atom. The van der Waals surface area contributed by atoms with Crippen LogP contribution in [0.5, 0.6) is 0 Å². The lowest BCUT2D eigenvalue weighted by Gasteiger charge is -2.15. The summed E-state index contributed by atoms with van der Waals surface area (Å²) < 4.78 is 5.13. The molecule has 3 aromatic rings. The Balaban J connectivity index is 1.63. The van der Waals surface area contributed by atoms with Crippen molar-refractivity contribution in [3.8, 4) is 0 Å². The molecule has 6 heteroatoms. The third-order valence-electron chi connectivity index (χ3n) is 4.26. The van der Waals surface area contributed by atoms with E-state index in [1.807, 2.05) is 0 Å². The first-order valence-corrected chi connectivity index (χ1v) is 7.99. The highest BCUT2D eigenvalue weighted by Gasteiger charge is 2.36. The highest BCUT2D eigenvalue weighted by Crippen LogP contribution is 2.29. The van der Waals surface area contributed by atoms with Crippen LogP contribution < -0.4 is 10.2 Å². The summed E-state index contributed by atoms with van der Waals surface area (Å²) in [7, 11) is 0. The van der Waals surface area contributed by atoms with Gasteiger partial charge >= 0.3 is 0 Å². The zero-order chi connectivity index (χ0) is 18.3. The van der Waals surface area contributed by atoms with Crippen molar-refractivity contribution < 1.29 is 18.8 Å². The fourth-order valence-corrected chi connectivity index (χ4v) is 2.97. The minimum atomic E-state index is -0.375. The topological polar surface area (TPSA) is 79.6 Å². The molecular formula is C20H14N2O4. The van der Waals surface area contributed by atoms with Crippen LogP contribution in [0.2, 0.25) is 0 Å². The quantitative estimate of drug-likeness (QED) is 0.734. The number of nitrogens with one attached hydrogen (secondary N) is 1. The van der Waals surface area contributed by atoms with Gasteiger partial charge in [-0.25, -0.2) is 4.90 Å². The summed E-state index contributed by atoms with van der Waals surface area (Å²) in [5.41, 5.74) is 2.06. The molecule has 4 rings (SSSR count). The SMILES string of the molecule is Cc1occc1C(=O)Nc1cccc(N2C(=O)c3ccccc3C2=O)c1. The molecule has 1 N–H and O–H groups in total. The lowest BCUT2D eigenvalue weighted by Crippen LogP contribution is -2.29. The van der Waals surface area contributed by atoms with E-state index in [2.05, 4.69) is 5.32 Å². The van der Waals surface area contributed by atoms with Crippen LogP contribution in [-0.2, 0) is 0 Å². The van der Waals surface area contributed by atoms with Crippen LogP contribution in [0, 0.1) is 6.92 Å². The summed E-state index contributed by atoms with van der Waals surface area (Å²) in [6.45, 7) is 1.70. The monoisotopic (exact) mass is 346 g/mol. The number of imide groups is 1. The van der Waals surface area contributed by atoms with E-state index in [-0.39, 0.29) is 17.7 Å². The zero-order valence-corrected chi connectivity index (χ0v) is 13.9. The van der Waals surface area contributed by atoms with Crippen LogP contribution in [0.4, 0.5) is 11.4 Å². The number of hydrogen-bond donors (Lipinski definition) is 1. The van der Waals surface area contributed by atoms with Crippen molar-refractivity contribution in [2.45, 2.75) is 6.92 Å². The molecule has 0 unspecified atom stereocenters. The Bertz CT molecular complexity index is 1020. The van der Waals surface area contributed by atoms with Gasteiger partial charge in [0.2, 0.25) is 0 Å². The van der Waals surface area contributed by atoms with Crippen LogP contribution in [0.1, 0.15) is 36.8 Å². The van der Waals surface area contributed by atoms with Crippen molar-refractivity contribution in [1.82, 2.24) is 0 Å². The first kappa shape index (κ1) is 15.8. The van der Waals surface area contributed by atoms with E-state index in [0.29, 0.717) is 33.8 Å². The Hall–Kier alpha value is -3.67. The molecule has 0 atom stereocenters. The molecule has 0 saturated carbocycles. The summed E-state index contributed by atoms with van der Waals surface area (Å²) in [5.74, 6) is -0.561. The predicted molar refractivity (Wildman–Crippen MR) is 95.4 cm³/mol. The van der Waals surface area contributed by atoms with Gasteiger partial charge in [0.05, 0.1) is 28.6 Å². The van der Waals surface area contributed by atoms with E-state index in [1.165, 1.54) is 6.26 Å². The largest absolute Gasteiger partial charge is 0.469 e. The second-order valence-electron chi connectivity index (χ2n) is 5.89. The van der Waals surface area contributed by atoms with Crippen LogP contribution in [-0.4, -0.2) is 17.7 Å². The Morgan fingerprint density at radius 2 is 1.65 bits per heavy atom. The van der Waals surface area contributed by atoms with E-state index in [9.17, 15) is 14.4 Å². The second-order valence-corrected chi connectivity index (χ2v) is 5.89. The van der Waals surface area contributed by atoms with E-state index >= 15 is 0 Å². The third kappa shape index (κ3) is 2.48. The van der Waals surface area contributed by atoms with Crippen LogP contribution >= 0.6 is 0 Å². The molecule has 2 heterocycles. The maximum Gasteiger partial charge on any atom is 0.266 e. The molecule has 1 aliphatic rings. The van der Waals surface area contributed by atoms with Crippen molar-refractivity contribution >= 4 is 29.1 Å². The van der Waals surface area contributed by atoms with Gasteiger partial charge in [0.1, 0.15) is 5.76 Å². The molecule has 128 valence electrons. The predicted octanol–water partition coefficient (Wildman–Crippen LogP) is 3.64. The molecule has 0 bridgehead atoms. The Kier molecular flexibility index (Phi) is 3.65. The average Bonchev–Trinajstić information content (AvgIpc) is 3.18. The van der Waals surface area contributed by atoms with Gasteiger partial charge in [0.25, 0.3) is 17.7 Å². The summed E-state index contributed by atoms with van der Waals surface area (Å²) >= 11 is 0. The minimum Gasteiger partial charge on any atom is -0.469 e. The van der Waals surface area contributed by atoms with E-state index in [0.717, 1.165) is 4.90 Å². The minimum absolute atomic E-state index is 0.323. The van der Waals surface area contributed by atoms with Gasteiger partial charge in [-0.2, -0.15) is 0 Å². The van der Waals surface area contributed by atoms with Crippen molar-refractivity contribution in [3.63, 3.8) is 0 Å². The number of rotatable bonds is 3. The number of amides is 3. The highest BCUT2D eigenvalue weighted by molar-refractivity contribution is 6.34. The normalized spacial score (nSPS) is 13.0. The Labute approximate surface area is 149 Å². The summed E-state index contributed by atoms with van der Waals surface area (Å²) in [6, 6.07) is 14.9. The third-order valence-corrected chi connectivity index (χ3v) is 4.26. The number of anilines is 2. The fourth-order valence-electron chi connectivity index (χ4n) is 2.97. The van der Waals surface area contributed by atoms with Gasteiger partial charge < -0.3 is 9.73 Å². The number of aryl methyl sites for hydroxylation is 1. The number of carbonyl (C=O) groups excluding carboxylic acids is 3. The second kappa shape index (κ2) is 6.00. The molecule has 26 heavy (non-hydrogen) atoms. The van der Waals surface area contributed by atoms with Crippen LogP contribution in [0.3, 0.4) is 0 Å². The highest BCUT2D eigenvalue weighted by atomic mass is 16.3. The fraction of sp³-hybridized carbons (Fsp3) is 0.0500. The molecule has 3 amide bonds. The molecule has 0 spiro atoms. The van der Waals surface area contributed by atoms with Gasteiger partial charge in [-0.15, -0.1) is 0 Å². The smallest absolute Gasteiger partial charge is 0.266 e. The molecule has 2 aromatic carbocycles. The maximum absolute atomic E-state index is 12.6. The number of benzene rings is 2. The first-order valence-electron chi connectivity index (χ1n) is 7.99. The van der Waals surface area contributed by atoms with Gasteiger partial charge in [-0.3, -0.25) is 14.4 Å². The number of fused-ring (bicyclic) bond motifs is 1. The molecule has 0 radical (unpaired) electrons. The summed E-state index contributed by atoms with van der Waals surface area (Å²) in [6.07, 6.45) is 1.44. The van der Waals surface area contributed by atoms with Gasteiger partial charge in [-0.05, 0) is 43.3 Å². The molecule has 6 nitrogen and oxygen atoms in total. The molecular weight excluding hydrogens is 332 g/mol. The molecule has 1 aliphatic heterocycles.